The summed E-state index contributed by atoms with van der Waals surface area (Å²) in [6.45, 7) is 6.43. The van der Waals surface area contributed by atoms with E-state index in [4.69, 9.17) is 5.73 Å². The summed E-state index contributed by atoms with van der Waals surface area (Å²) in [4.78, 5) is 11.1. The van der Waals surface area contributed by atoms with Crippen molar-refractivity contribution in [1.29, 1.82) is 0 Å². The molecule has 90 valence electrons. The molecular formula is C12H24INO. The number of carbonyl (C=O) groups excluding carboxylic acids is 1. The minimum atomic E-state index is 0.00991. The Labute approximate surface area is 108 Å². The van der Waals surface area contributed by atoms with Crippen LogP contribution in [-0.4, -0.2) is 9.83 Å². The van der Waals surface area contributed by atoms with Gasteiger partial charge in [-0.3, -0.25) is 4.79 Å². The van der Waals surface area contributed by atoms with Crippen LogP contribution in [0.1, 0.15) is 52.9 Å². The van der Waals surface area contributed by atoms with Gasteiger partial charge < -0.3 is 5.73 Å². The average Bonchev–Trinajstić information content (AvgIpc) is 2.15. The third kappa shape index (κ3) is 8.20. The average molecular weight is 325 g/mol. The molecule has 3 heteroatoms. The molecule has 0 aliphatic heterocycles. The lowest BCUT2D eigenvalue weighted by molar-refractivity contribution is -0.112. The Hall–Kier alpha value is 0.360. The molecule has 0 rings (SSSR count). The van der Waals surface area contributed by atoms with Gasteiger partial charge in [-0.1, -0.05) is 46.5 Å². The Bertz CT molecular complexity index is 182. The Kier molecular flexibility index (Phi) is 8.71. The Morgan fingerprint density at radius 2 is 1.67 bits per heavy atom. The number of hydrogen-bond acceptors (Lipinski definition) is 2. The SMILES string of the molecule is CC(C)CCCCCC(N)C(C)C(=O)I. The normalized spacial score (nSPS) is 15.3. The number of halogens is 1. The van der Waals surface area contributed by atoms with Gasteiger partial charge >= 0.3 is 0 Å². The van der Waals surface area contributed by atoms with Gasteiger partial charge in [-0.2, -0.15) is 0 Å². The molecule has 0 amide bonds. The standard InChI is InChI=1S/C12H24INO/c1-9(2)7-5-4-6-8-11(14)10(3)12(13)15/h9-11H,4-8,14H2,1-3H3. The lowest BCUT2D eigenvalue weighted by Gasteiger charge is -2.16. The van der Waals surface area contributed by atoms with Crippen LogP contribution in [0.4, 0.5) is 0 Å². The van der Waals surface area contributed by atoms with Crippen molar-refractivity contribution >= 4 is 26.4 Å². The second kappa shape index (κ2) is 8.50. The molecule has 0 aliphatic carbocycles. The van der Waals surface area contributed by atoms with Gasteiger partial charge in [0.1, 0.15) is 0 Å². The van der Waals surface area contributed by atoms with Gasteiger partial charge in [0.2, 0.25) is 0 Å². The first-order valence-electron chi connectivity index (χ1n) is 5.90. The highest BCUT2D eigenvalue weighted by Gasteiger charge is 2.17. The summed E-state index contributed by atoms with van der Waals surface area (Å²) in [7, 11) is 0. The monoisotopic (exact) mass is 325 g/mol. The van der Waals surface area contributed by atoms with E-state index in [1.807, 2.05) is 29.5 Å². The number of nitrogens with two attached hydrogens (primary N) is 1. The lowest BCUT2D eigenvalue weighted by atomic mass is 9.97. The van der Waals surface area contributed by atoms with Gasteiger partial charge in [0.05, 0.1) is 0 Å². The maximum absolute atomic E-state index is 11.1. The molecule has 0 spiro atoms. The van der Waals surface area contributed by atoms with Crippen molar-refractivity contribution in [3.8, 4) is 0 Å². The van der Waals surface area contributed by atoms with Crippen LogP contribution in [0.3, 0.4) is 0 Å². The van der Waals surface area contributed by atoms with E-state index >= 15 is 0 Å². The molecule has 0 saturated carbocycles. The topological polar surface area (TPSA) is 43.1 Å². The molecule has 0 fully saturated rings. The van der Waals surface area contributed by atoms with Crippen molar-refractivity contribution in [3.05, 3.63) is 0 Å². The summed E-state index contributed by atoms with van der Waals surface area (Å²) >= 11 is 1.84. The summed E-state index contributed by atoms with van der Waals surface area (Å²) < 4.78 is 0.183. The van der Waals surface area contributed by atoms with Gasteiger partial charge in [0.25, 0.3) is 0 Å². The molecule has 2 N–H and O–H groups in total. The minimum absolute atomic E-state index is 0.00991. The third-order valence-corrected chi connectivity index (χ3v) is 3.80. The molecule has 0 aromatic heterocycles. The fourth-order valence-electron chi connectivity index (χ4n) is 1.53. The van der Waals surface area contributed by atoms with Gasteiger partial charge in [-0.25, -0.2) is 0 Å². The maximum Gasteiger partial charge on any atom is 0.196 e. The number of hydrogen-bond donors (Lipinski definition) is 1. The first kappa shape index (κ1) is 15.4. The van der Waals surface area contributed by atoms with E-state index in [-0.39, 0.29) is 15.7 Å². The van der Waals surface area contributed by atoms with Crippen LogP contribution in [0.5, 0.6) is 0 Å². The van der Waals surface area contributed by atoms with E-state index in [2.05, 4.69) is 13.8 Å². The quantitative estimate of drug-likeness (QED) is 0.421. The van der Waals surface area contributed by atoms with Crippen molar-refractivity contribution < 1.29 is 4.79 Å². The maximum atomic E-state index is 11.1. The molecule has 15 heavy (non-hydrogen) atoms. The van der Waals surface area contributed by atoms with E-state index in [1.54, 1.807) is 0 Å². The van der Waals surface area contributed by atoms with Crippen LogP contribution in [0, 0.1) is 11.8 Å². The van der Waals surface area contributed by atoms with E-state index in [1.165, 1.54) is 19.3 Å². The van der Waals surface area contributed by atoms with Crippen molar-refractivity contribution in [2.75, 3.05) is 0 Å². The zero-order chi connectivity index (χ0) is 11.8. The molecule has 2 nitrogen and oxygen atoms in total. The summed E-state index contributed by atoms with van der Waals surface area (Å²) in [5.74, 6) is 0.809. The van der Waals surface area contributed by atoms with E-state index < -0.39 is 0 Å². The highest BCUT2D eigenvalue weighted by molar-refractivity contribution is 14.1. The second-order valence-electron chi connectivity index (χ2n) is 4.79. The molecule has 2 atom stereocenters. The van der Waals surface area contributed by atoms with Crippen LogP contribution in [0.25, 0.3) is 0 Å². The fraction of sp³-hybridized carbons (Fsp3) is 0.917. The summed E-state index contributed by atoms with van der Waals surface area (Å²) in [6.07, 6.45) is 5.97. The zero-order valence-corrected chi connectivity index (χ0v) is 12.3. The lowest BCUT2D eigenvalue weighted by Crippen LogP contribution is -2.31. The molecule has 0 heterocycles. The molecule has 0 bridgehead atoms. The van der Waals surface area contributed by atoms with Crippen LogP contribution in [0.2, 0.25) is 0 Å². The van der Waals surface area contributed by atoms with Crippen molar-refractivity contribution in [3.63, 3.8) is 0 Å². The highest BCUT2D eigenvalue weighted by atomic mass is 127. The summed E-state index contributed by atoms with van der Waals surface area (Å²) in [5.41, 5.74) is 5.93. The van der Waals surface area contributed by atoms with Crippen molar-refractivity contribution in [1.82, 2.24) is 0 Å². The third-order valence-electron chi connectivity index (χ3n) is 2.82. The van der Waals surface area contributed by atoms with Crippen LogP contribution in [0.15, 0.2) is 0 Å². The molecular weight excluding hydrogens is 301 g/mol. The van der Waals surface area contributed by atoms with Crippen LogP contribution >= 0.6 is 22.6 Å². The van der Waals surface area contributed by atoms with E-state index in [0.29, 0.717) is 0 Å². The number of unbranched alkanes of at least 4 members (excludes halogenated alkanes) is 2. The Balaban J connectivity index is 3.47. The van der Waals surface area contributed by atoms with Crippen LogP contribution in [-0.2, 0) is 4.79 Å². The number of rotatable bonds is 8. The van der Waals surface area contributed by atoms with Crippen molar-refractivity contribution in [2.45, 2.75) is 58.9 Å². The minimum Gasteiger partial charge on any atom is -0.327 e. The molecule has 0 radical (unpaired) electrons. The first-order chi connectivity index (χ1) is 6.95. The van der Waals surface area contributed by atoms with Gasteiger partial charge in [-0.05, 0) is 34.9 Å². The summed E-state index contributed by atoms with van der Waals surface area (Å²) in [6, 6.07) is 0.0495. The molecule has 2 unspecified atom stereocenters. The summed E-state index contributed by atoms with van der Waals surface area (Å²) in [5, 5.41) is 0. The van der Waals surface area contributed by atoms with E-state index in [0.717, 1.165) is 18.8 Å². The second-order valence-corrected chi connectivity index (χ2v) is 5.85. The largest absolute Gasteiger partial charge is 0.327 e. The Morgan fingerprint density at radius 3 is 2.13 bits per heavy atom. The molecule has 0 saturated heterocycles. The smallest absolute Gasteiger partial charge is 0.196 e. The predicted octanol–water partition coefficient (Wildman–Crippen LogP) is 3.52. The van der Waals surface area contributed by atoms with E-state index in [9.17, 15) is 4.79 Å². The molecule has 0 aliphatic rings. The van der Waals surface area contributed by atoms with Gasteiger partial charge in [0.15, 0.2) is 3.79 Å². The number of carbonyl (C=O) groups is 1. The highest BCUT2D eigenvalue weighted by Crippen LogP contribution is 2.15. The van der Waals surface area contributed by atoms with Crippen LogP contribution < -0.4 is 5.73 Å². The zero-order valence-electron chi connectivity index (χ0n) is 10.1. The van der Waals surface area contributed by atoms with Gasteiger partial charge in [0, 0.05) is 12.0 Å². The fourth-order valence-corrected chi connectivity index (χ4v) is 1.99. The predicted molar refractivity (Wildman–Crippen MR) is 74.1 cm³/mol. The molecule has 0 aromatic carbocycles. The Morgan fingerprint density at radius 1 is 1.13 bits per heavy atom. The van der Waals surface area contributed by atoms with Crippen molar-refractivity contribution in [2.24, 2.45) is 17.6 Å². The van der Waals surface area contributed by atoms with Gasteiger partial charge in [-0.15, -0.1) is 0 Å². The first-order valence-corrected chi connectivity index (χ1v) is 6.98. The molecule has 0 aromatic rings.